The van der Waals surface area contributed by atoms with Gasteiger partial charge in [0.25, 0.3) is 0 Å². The minimum atomic E-state index is 0.0428. The molecule has 0 radical (unpaired) electrons. The van der Waals surface area contributed by atoms with Gasteiger partial charge in [0.15, 0.2) is 0 Å². The molecule has 2 fully saturated rings. The van der Waals surface area contributed by atoms with Gasteiger partial charge >= 0.3 is 0 Å². The predicted octanol–water partition coefficient (Wildman–Crippen LogP) is 2.01. The van der Waals surface area contributed by atoms with Crippen molar-refractivity contribution in [2.24, 2.45) is 17.3 Å². The van der Waals surface area contributed by atoms with E-state index in [0.717, 1.165) is 5.92 Å². The molecule has 0 aromatic rings. The Morgan fingerprint density at radius 1 is 1.40 bits per heavy atom. The van der Waals surface area contributed by atoms with Crippen LogP contribution in [-0.2, 0) is 4.79 Å². The molecule has 0 unspecified atom stereocenters. The lowest BCUT2D eigenvalue weighted by Gasteiger charge is -2.46. The van der Waals surface area contributed by atoms with Gasteiger partial charge in [-0.1, -0.05) is 20.3 Å². The first kappa shape index (κ1) is 6.38. The normalized spacial score (nSPS) is 42.8. The van der Waals surface area contributed by atoms with Crippen LogP contribution in [0.3, 0.4) is 0 Å². The summed E-state index contributed by atoms with van der Waals surface area (Å²) in [5.41, 5.74) is 0.0428. The van der Waals surface area contributed by atoms with Crippen molar-refractivity contribution in [3.05, 3.63) is 0 Å². The number of ketones is 1. The van der Waals surface area contributed by atoms with E-state index in [1.165, 1.54) is 19.3 Å². The van der Waals surface area contributed by atoms with Crippen LogP contribution in [0.15, 0.2) is 0 Å². The van der Waals surface area contributed by atoms with Gasteiger partial charge in [0.05, 0.1) is 0 Å². The highest BCUT2D eigenvalue weighted by Gasteiger charge is 2.56. The molecule has 10 heavy (non-hydrogen) atoms. The second-order valence-electron chi connectivity index (χ2n) is 4.23. The molecule has 1 heteroatoms. The lowest BCUT2D eigenvalue weighted by molar-refractivity contribution is -0.150. The fraction of sp³-hybridized carbons (Fsp3) is 0.889. The van der Waals surface area contributed by atoms with Crippen molar-refractivity contribution in [2.75, 3.05) is 0 Å². The van der Waals surface area contributed by atoms with Gasteiger partial charge in [-0.05, 0) is 18.8 Å². The minimum Gasteiger partial charge on any atom is -0.299 e. The van der Waals surface area contributed by atoms with Crippen molar-refractivity contribution in [2.45, 2.75) is 33.1 Å². The molecule has 1 nitrogen and oxygen atoms in total. The highest BCUT2D eigenvalue weighted by atomic mass is 16.1. The molecule has 2 atom stereocenters. The van der Waals surface area contributed by atoms with Gasteiger partial charge in [-0.25, -0.2) is 0 Å². The van der Waals surface area contributed by atoms with Crippen molar-refractivity contribution in [3.8, 4) is 0 Å². The van der Waals surface area contributed by atoms with E-state index in [2.05, 4.69) is 13.8 Å². The number of carbonyl (C=O) groups excluding carboxylic acids is 1. The van der Waals surface area contributed by atoms with Gasteiger partial charge in [0.1, 0.15) is 5.78 Å². The number of Topliss-reactive ketones (excluding diaryl/α,β-unsaturated/α-hetero) is 1. The summed E-state index contributed by atoms with van der Waals surface area (Å²) in [6, 6.07) is 0. The summed E-state index contributed by atoms with van der Waals surface area (Å²) >= 11 is 0. The average molecular weight is 138 g/mol. The first-order valence-corrected chi connectivity index (χ1v) is 4.18. The number of hydrogen-bond donors (Lipinski definition) is 0. The first-order valence-electron chi connectivity index (χ1n) is 4.18. The van der Waals surface area contributed by atoms with Gasteiger partial charge in [0.2, 0.25) is 0 Å². The summed E-state index contributed by atoms with van der Waals surface area (Å²) < 4.78 is 0. The molecule has 56 valence electrons. The molecule has 0 bridgehead atoms. The van der Waals surface area contributed by atoms with E-state index in [1.807, 2.05) is 0 Å². The predicted molar refractivity (Wildman–Crippen MR) is 39.6 cm³/mol. The van der Waals surface area contributed by atoms with Crippen molar-refractivity contribution in [1.29, 1.82) is 0 Å². The van der Waals surface area contributed by atoms with Crippen LogP contribution in [0, 0.1) is 17.3 Å². The van der Waals surface area contributed by atoms with Crippen molar-refractivity contribution in [3.63, 3.8) is 0 Å². The maximum atomic E-state index is 11.4. The number of rotatable bonds is 0. The van der Waals surface area contributed by atoms with E-state index < -0.39 is 0 Å². The topological polar surface area (TPSA) is 17.1 Å². The first-order chi connectivity index (χ1) is 4.64. The summed E-state index contributed by atoms with van der Waals surface area (Å²) in [6.07, 6.45) is 3.75. The fourth-order valence-electron chi connectivity index (χ4n) is 2.70. The molecule has 2 saturated carbocycles. The summed E-state index contributed by atoms with van der Waals surface area (Å²) in [6.45, 7) is 4.20. The zero-order valence-corrected chi connectivity index (χ0v) is 6.68. The largest absolute Gasteiger partial charge is 0.299 e. The summed E-state index contributed by atoms with van der Waals surface area (Å²) in [7, 11) is 0. The molecule has 0 saturated heterocycles. The second kappa shape index (κ2) is 1.63. The zero-order chi connectivity index (χ0) is 7.35. The van der Waals surface area contributed by atoms with Gasteiger partial charge < -0.3 is 0 Å². The van der Waals surface area contributed by atoms with Gasteiger partial charge in [0, 0.05) is 11.3 Å². The Balaban J connectivity index is 2.23. The van der Waals surface area contributed by atoms with E-state index in [-0.39, 0.29) is 5.41 Å². The molecule has 0 spiro atoms. The maximum Gasteiger partial charge on any atom is 0.142 e. The van der Waals surface area contributed by atoms with Crippen molar-refractivity contribution < 1.29 is 4.79 Å². The molecular weight excluding hydrogens is 124 g/mol. The third-order valence-electron chi connectivity index (χ3n) is 3.41. The SMILES string of the molecule is CC1(C)C(=O)[C@@H]2CCC[C@@H]21. The zero-order valence-electron chi connectivity index (χ0n) is 6.68. The lowest BCUT2D eigenvalue weighted by Crippen LogP contribution is -2.51. The third kappa shape index (κ3) is 0.518. The van der Waals surface area contributed by atoms with Crippen LogP contribution in [0.1, 0.15) is 33.1 Å². The number of carbonyl (C=O) groups is 1. The van der Waals surface area contributed by atoms with E-state index in [9.17, 15) is 4.79 Å². The molecule has 0 aliphatic heterocycles. The quantitative estimate of drug-likeness (QED) is 0.500. The monoisotopic (exact) mass is 138 g/mol. The molecule has 2 aliphatic carbocycles. The Bertz CT molecular complexity index is 181. The lowest BCUT2D eigenvalue weighted by atomic mass is 9.56. The molecule has 0 aromatic heterocycles. The number of hydrogen-bond acceptors (Lipinski definition) is 1. The molecule has 2 aliphatic rings. The fourth-order valence-corrected chi connectivity index (χ4v) is 2.70. The van der Waals surface area contributed by atoms with Crippen LogP contribution in [0.2, 0.25) is 0 Å². The standard InChI is InChI=1S/C9H14O/c1-9(2)7-5-3-4-6(7)8(9)10/h6-7H,3-5H2,1-2H3/t6-,7+/m1/s1. The van der Waals surface area contributed by atoms with E-state index in [4.69, 9.17) is 0 Å². The van der Waals surface area contributed by atoms with Crippen LogP contribution < -0.4 is 0 Å². The molecule has 0 N–H and O–H groups in total. The summed E-state index contributed by atoms with van der Waals surface area (Å²) in [5.74, 6) is 1.73. The smallest absolute Gasteiger partial charge is 0.142 e. The molecular formula is C9H14O. The highest BCUT2D eigenvalue weighted by Crippen LogP contribution is 2.55. The van der Waals surface area contributed by atoms with Crippen molar-refractivity contribution >= 4 is 5.78 Å². The summed E-state index contributed by atoms with van der Waals surface area (Å²) in [5, 5.41) is 0. The van der Waals surface area contributed by atoms with Crippen LogP contribution in [-0.4, -0.2) is 5.78 Å². The molecule has 0 aromatic carbocycles. The van der Waals surface area contributed by atoms with Crippen molar-refractivity contribution in [1.82, 2.24) is 0 Å². The van der Waals surface area contributed by atoms with Gasteiger partial charge in [-0.2, -0.15) is 0 Å². The molecule has 0 amide bonds. The molecule has 2 rings (SSSR count). The Labute approximate surface area is 61.8 Å². The Morgan fingerprint density at radius 3 is 2.70 bits per heavy atom. The van der Waals surface area contributed by atoms with Crippen LogP contribution in [0.4, 0.5) is 0 Å². The van der Waals surface area contributed by atoms with Gasteiger partial charge in [-0.3, -0.25) is 4.79 Å². The van der Waals surface area contributed by atoms with E-state index in [1.54, 1.807) is 0 Å². The van der Waals surface area contributed by atoms with E-state index in [0.29, 0.717) is 11.7 Å². The maximum absolute atomic E-state index is 11.4. The third-order valence-corrected chi connectivity index (χ3v) is 3.41. The van der Waals surface area contributed by atoms with Gasteiger partial charge in [-0.15, -0.1) is 0 Å². The molecule has 0 heterocycles. The second-order valence-corrected chi connectivity index (χ2v) is 4.23. The summed E-state index contributed by atoms with van der Waals surface area (Å²) in [4.78, 5) is 11.4. The Hall–Kier alpha value is -0.330. The Kier molecular flexibility index (Phi) is 1.04. The minimum absolute atomic E-state index is 0.0428. The van der Waals surface area contributed by atoms with Crippen LogP contribution >= 0.6 is 0 Å². The van der Waals surface area contributed by atoms with Crippen LogP contribution in [0.25, 0.3) is 0 Å². The average Bonchev–Trinajstić information content (AvgIpc) is 2.31. The van der Waals surface area contributed by atoms with E-state index >= 15 is 0 Å². The Morgan fingerprint density at radius 2 is 2.10 bits per heavy atom. The highest BCUT2D eigenvalue weighted by molar-refractivity contribution is 5.93. The number of fused-ring (bicyclic) bond motifs is 1. The van der Waals surface area contributed by atoms with Crippen LogP contribution in [0.5, 0.6) is 0 Å².